The molecule has 0 fully saturated rings. The van der Waals surface area contributed by atoms with Gasteiger partial charge in [0.15, 0.2) is 0 Å². The first-order valence-electron chi connectivity index (χ1n) is 8.44. The van der Waals surface area contributed by atoms with Gasteiger partial charge in [0.25, 0.3) is 0 Å². The zero-order chi connectivity index (χ0) is 17.1. The average molecular weight is 349 g/mol. The highest BCUT2D eigenvalue weighted by atomic mass is 32.2. The highest BCUT2D eigenvalue weighted by Crippen LogP contribution is 2.45. The molecule has 1 amide bonds. The van der Waals surface area contributed by atoms with Crippen LogP contribution in [-0.4, -0.2) is 12.5 Å². The van der Waals surface area contributed by atoms with E-state index in [1.807, 2.05) is 53.4 Å². The number of furan rings is 1. The van der Waals surface area contributed by atoms with Crippen molar-refractivity contribution in [3.05, 3.63) is 84.3 Å². The Kier molecular flexibility index (Phi) is 4.61. The zero-order valence-electron chi connectivity index (χ0n) is 13.8. The second-order valence-electron chi connectivity index (χ2n) is 6.07. The van der Waals surface area contributed by atoms with Gasteiger partial charge in [-0.3, -0.25) is 4.79 Å². The number of anilines is 1. The fourth-order valence-corrected chi connectivity index (χ4v) is 4.38. The summed E-state index contributed by atoms with van der Waals surface area (Å²) in [4.78, 5) is 16.0. The van der Waals surface area contributed by atoms with Crippen molar-refractivity contribution in [1.29, 1.82) is 0 Å². The molecular weight excluding hydrogens is 330 g/mol. The van der Waals surface area contributed by atoms with E-state index in [1.54, 1.807) is 18.0 Å². The summed E-state index contributed by atoms with van der Waals surface area (Å²) in [6.45, 7) is 0.686. The predicted octanol–water partition coefficient (Wildman–Crippen LogP) is 5.09. The van der Waals surface area contributed by atoms with Gasteiger partial charge in [0.1, 0.15) is 5.76 Å². The van der Waals surface area contributed by atoms with Gasteiger partial charge in [-0.1, -0.05) is 42.5 Å². The first kappa shape index (κ1) is 16.0. The van der Waals surface area contributed by atoms with Crippen molar-refractivity contribution >= 4 is 23.4 Å². The summed E-state index contributed by atoms with van der Waals surface area (Å²) in [6.07, 6.45) is 2.96. The number of hydrogen-bond acceptors (Lipinski definition) is 3. The van der Waals surface area contributed by atoms with E-state index < -0.39 is 0 Å². The number of fused-ring (bicyclic) bond motifs is 1. The lowest BCUT2D eigenvalue weighted by Gasteiger charge is -2.22. The fourth-order valence-electron chi connectivity index (χ4n) is 3.14. The standard InChI is InChI=1S/C21H19NO2S/c23-21-15-20(18-10-6-14-24-18)25-19-11-5-4-9-17(19)22(21)13-12-16-7-2-1-3-8-16/h1-11,14,20H,12-13,15H2. The normalized spacial score (nSPS) is 17.2. The van der Waals surface area contributed by atoms with Crippen LogP contribution < -0.4 is 4.90 Å². The molecule has 4 heteroatoms. The van der Waals surface area contributed by atoms with E-state index in [-0.39, 0.29) is 11.2 Å². The number of thioether (sulfide) groups is 1. The van der Waals surface area contributed by atoms with Crippen LogP contribution in [0.4, 0.5) is 5.69 Å². The van der Waals surface area contributed by atoms with Gasteiger partial charge in [0.05, 0.1) is 17.2 Å². The molecule has 0 saturated carbocycles. The van der Waals surface area contributed by atoms with Gasteiger partial charge in [-0.25, -0.2) is 0 Å². The van der Waals surface area contributed by atoms with E-state index in [2.05, 4.69) is 18.2 Å². The Hall–Kier alpha value is -2.46. The predicted molar refractivity (Wildman–Crippen MR) is 101 cm³/mol. The maximum atomic E-state index is 13.0. The third-order valence-electron chi connectivity index (χ3n) is 4.41. The number of nitrogens with zero attached hydrogens (tertiary/aromatic N) is 1. The van der Waals surface area contributed by atoms with Crippen LogP contribution in [0, 0.1) is 0 Å². The molecule has 3 nitrogen and oxygen atoms in total. The molecule has 3 aromatic rings. The van der Waals surface area contributed by atoms with Crippen LogP contribution in [0.3, 0.4) is 0 Å². The summed E-state index contributed by atoms with van der Waals surface area (Å²) in [7, 11) is 0. The lowest BCUT2D eigenvalue weighted by atomic mass is 10.1. The maximum absolute atomic E-state index is 13.0. The first-order valence-corrected chi connectivity index (χ1v) is 9.32. The minimum atomic E-state index is 0.0189. The monoisotopic (exact) mass is 349 g/mol. The topological polar surface area (TPSA) is 33.5 Å². The molecule has 1 atom stereocenters. The Morgan fingerprint density at radius 2 is 1.80 bits per heavy atom. The van der Waals surface area contributed by atoms with E-state index in [1.165, 1.54) is 5.56 Å². The fraction of sp³-hybridized carbons (Fsp3) is 0.190. The van der Waals surface area contributed by atoms with Crippen LogP contribution >= 0.6 is 11.8 Å². The van der Waals surface area contributed by atoms with Crippen LogP contribution in [0.1, 0.15) is 23.0 Å². The molecule has 0 N–H and O–H groups in total. The van der Waals surface area contributed by atoms with Gasteiger partial charge >= 0.3 is 0 Å². The van der Waals surface area contributed by atoms with Crippen molar-refractivity contribution in [3.63, 3.8) is 0 Å². The molecule has 0 radical (unpaired) electrons. The molecule has 4 rings (SSSR count). The zero-order valence-corrected chi connectivity index (χ0v) is 14.6. The molecule has 0 bridgehead atoms. The summed E-state index contributed by atoms with van der Waals surface area (Å²) in [5.41, 5.74) is 2.25. The highest BCUT2D eigenvalue weighted by molar-refractivity contribution is 7.99. The number of benzene rings is 2. The summed E-state index contributed by atoms with van der Waals surface area (Å²) in [6, 6.07) is 22.3. The van der Waals surface area contributed by atoms with E-state index in [0.29, 0.717) is 13.0 Å². The molecule has 1 unspecified atom stereocenters. The van der Waals surface area contributed by atoms with Crippen LogP contribution in [0.15, 0.2) is 82.3 Å². The van der Waals surface area contributed by atoms with Crippen molar-refractivity contribution in [2.75, 3.05) is 11.4 Å². The largest absolute Gasteiger partial charge is 0.468 e. The molecule has 1 aliphatic rings. The molecule has 0 saturated heterocycles. The Bertz CT molecular complexity index is 845. The van der Waals surface area contributed by atoms with Crippen molar-refractivity contribution < 1.29 is 9.21 Å². The SMILES string of the molecule is O=C1CC(c2ccco2)Sc2ccccc2N1CCc1ccccc1. The minimum absolute atomic E-state index is 0.0189. The second kappa shape index (κ2) is 7.19. The van der Waals surface area contributed by atoms with Crippen LogP contribution in [0.25, 0.3) is 0 Å². The molecular formula is C21H19NO2S. The molecule has 0 spiro atoms. The van der Waals surface area contributed by atoms with Crippen LogP contribution in [-0.2, 0) is 11.2 Å². The van der Waals surface area contributed by atoms with E-state index in [9.17, 15) is 4.79 Å². The maximum Gasteiger partial charge on any atom is 0.228 e. The lowest BCUT2D eigenvalue weighted by molar-refractivity contribution is -0.118. The van der Waals surface area contributed by atoms with Gasteiger partial charge in [-0.05, 0) is 36.2 Å². The number of para-hydroxylation sites is 1. The summed E-state index contributed by atoms with van der Waals surface area (Å²) < 4.78 is 5.56. The van der Waals surface area contributed by atoms with Crippen molar-refractivity contribution in [2.45, 2.75) is 23.0 Å². The molecule has 25 heavy (non-hydrogen) atoms. The summed E-state index contributed by atoms with van der Waals surface area (Å²) in [5, 5.41) is 0.0189. The van der Waals surface area contributed by atoms with Gasteiger partial charge in [0.2, 0.25) is 5.91 Å². The third-order valence-corrected chi connectivity index (χ3v) is 5.70. The third kappa shape index (κ3) is 3.49. The van der Waals surface area contributed by atoms with E-state index in [0.717, 1.165) is 22.8 Å². The number of carbonyl (C=O) groups excluding carboxylic acids is 1. The minimum Gasteiger partial charge on any atom is -0.468 e. The molecule has 0 aliphatic carbocycles. The molecule has 1 aromatic heterocycles. The smallest absolute Gasteiger partial charge is 0.228 e. The summed E-state index contributed by atoms with van der Waals surface area (Å²) in [5.74, 6) is 1.01. The van der Waals surface area contributed by atoms with Gasteiger partial charge < -0.3 is 9.32 Å². The van der Waals surface area contributed by atoms with Crippen molar-refractivity contribution in [1.82, 2.24) is 0 Å². The van der Waals surface area contributed by atoms with Gasteiger partial charge in [-0.15, -0.1) is 11.8 Å². The Morgan fingerprint density at radius 3 is 2.60 bits per heavy atom. The Balaban J connectivity index is 1.62. The average Bonchev–Trinajstić information content (AvgIpc) is 3.13. The van der Waals surface area contributed by atoms with Crippen molar-refractivity contribution in [3.8, 4) is 0 Å². The van der Waals surface area contributed by atoms with Crippen molar-refractivity contribution in [2.24, 2.45) is 0 Å². The van der Waals surface area contributed by atoms with Gasteiger partial charge in [-0.2, -0.15) is 0 Å². The van der Waals surface area contributed by atoms with Gasteiger partial charge in [0, 0.05) is 17.9 Å². The molecule has 2 aromatic carbocycles. The quantitative estimate of drug-likeness (QED) is 0.657. The van der Waals surface area contributed by atoms with E-state index in [4.69, 9.17) is 4.42 Å². The Morgan fingerprint density at radius 1 is 1.00 bits per heavy atom. The highest BCUT2D eigenvalue weighted by Gasteiger charge is 2.30. The molecule has 1 aliphatic heterocycles. The first-order chi connectivity index (χ1) is 12.3. The van der Waals surface area contributed by atoms with Crippen LogP contribution in [0.2, 0.25) is 0 Å². The lowest BCUT2D eigenvalue weighted by Crippen LogP contribution is -2.32. The van der Waals surface area contributed by atoms with Crippen LogP contribution in [0.5, 0.6) is 0 Å². The number of carbonyl (C=O) groups is 1. The number of rotatable bonds is 4. The number of hydrogen-bond donors (Lipinski definition) is 0. The molecule has 2 heterocycles. The Labute approximate surface area is 151 Å². The van der Waals surface area contributed by atoms with E-state index >= 15 is 0 Å². The number of amides is 1. The molecule has 126 valence electrons. The summed E-state index contributed by atoms with van der Waals surface area (Å²) >= 11 is 1.71. The second-order valence-corrected chi connectivity index (χ2v) is 7.32.